The molecule has 0 radical (unpaired) electrons. The second-order valence-electron chi connectivity index (χ2n) is 6.93. The van der Waals surface area contributed by atoms with Crippen molar-refractivity contribution in [2.24, 2.45) is 0 Å². The van der Waals surface area contributed by atoms with E-state index in [1.807, 2.05) is 4.68 Å². The Labute approximate surface area is 138 Å². The summed E-state index contributed by atoms with van der Waals surface area (Å²) in [4.78, 5) is 6.88. The zero-order valence-corrected chi connectivity index (χ0v) is 14.2. The van der Waals surface area contributed by atoms with E-state index in [-0.39, 0.29) is 6.10 Å². The lowest BCUT2D eigenvalue weighted by atomic mass is 10.1. The van der Waals surface area contributed by atoms with Crippen LogP contribution in [0.5, 0.6) is 0 Å². The van der Waals surface area contributed by atoms with Crippen LogP contribution < -0.4 is 5.32 Å². The fourth-order valence-electron chi connectivity index (χ4n) is 3.19. The molecule has 1 aromatic heterocycles. The van der Waals surface area contributed by atoms with Crippen molar-refractivity contribution < 1.29 is 9.84 Å². The van der Waals surface area contributed by atoms with Crippen LogP contribution in [0.25, 0.3) is 0 Å². The molecule has 0 spiro atoms. The van der Waals surface area contributed by atoms with Gasteiger partial charge in [-0.1, -0.05) is 13.8 Å². The third-order valence-corrected chi connectivity index (χ3v) is 4.61. The lowest BCUT2D eigenvalue weighted by Gasteiger charge is -2.30. The highest BCUT2D eigenvalue weighted by Crippen LogP contribution is 2.16. The monoisotopic (exact) mass is 323 g/mol. The molecule has 0 unspecified atom stereocenters. The number of aliphatic hydroxyl groups is 1. The molecule has 0 amide bonds. The van der Waals surface area contributed by atoms with Gasteiger partial charge < -0.3 is 15.2 Å². The Bertz CT molecular complexity index is 499. The summed E-state index contributed by atoms with van der Waals surface area (Å²) in [6.07, 6.45) is 1.67. The highest BCUT2D eigenvalue weighted by Gasteiger charge is 2.23. The Hall–Kier alpha value is -1.02. The maximum atomic E-state index is 10.2. The van der Waals surface area contributed by atoms with Crippen LogP contribution in [0.15, 0.2) is 0 Å². The van der Waals surface area contributed by atoms with Crippen LogP contribution in [-0.2, 0) is 17.7 Å². The molecular formula is C16H29N5O2. The fraction of sp³-hybridized carbons (Fsp3) is 0.875. The number of aliphatic hydroxyl groups excluding tert-OH is 1. The summed E-state index contributed by atoms with van der Waals surface area (Å²) in [6.45, 7) is 9.82. The average molecular weight is 323 g/mol. The Morgan fingerprint density at radius 1 is 1.35 bits per heavy atom. The van der Waals surface area contributed by atoms with Gasteiger partial charge in [-0.2, -0.15) is 5.10 Å². The first kappa shape index (κ1) is 16.8. The SMILES string of the molecule is CC(C)c1nc2n(n1)C[C@@H](NC[C@@H](O)CN1CCOCC1)CC2. The summed E-state index contributed by atoms with van der Waals surface area (Å²) in [5.41, 5.74) is 0. The molecule has 2 N–H and O–H groups in total. The number of aryl methyl sites for hydroxylation is 1. The molecule has 1 saturated heterocycles. The third-order valence-electron chi connectivity index (χ3n) is 4.61. The maximum Gasteiger partial charge on any atom is 0.153 e. The molecule has 130 valence electrons. The summed E-state index contributed by atoms with van der Waals surface area (Å²) < 4.78 is 7.37. The third kappa shape index (κ3) is 4.50. The predicted molar refractivity (Wildman–Crippen MR) is 87.5 cm³/mol. The number of nitrogens with zero attached hydrogens (tertiary/aromatic N) is 4. The largest absolute Gasteiger partial charge is 0.390 e. The van der Waals surface area contributed by atoms with Gasteiger partial charge in [-0.05, 0) is 6.42 Å². The molecule has 0 saturated carbocycles. The van der Waals surface area contributed by atoms with Crippen molar-refractivity contribution in [3.63, 3.8) is 0 Å². The van der Waals surface area contributed by atoms with E-state index in [1.165, 1.54) is 0 Å². The molecule has 2 atom stereocenters. The lowest BCUT2D eigenvalue weighted by Crippen LogP contribution is -2.46. The van der Waals surface area contributed by atoms with Crippen LogP contribution in [0.3, 0.4) is 0 Å². The normalized spacial score (nSPS) is 23.9. The van der Waals surface area contributed by atoms with Crippen molar-refractivity contribution in [2.45, 2.75) is 51.3 Å². The summed E-state index contributed by atoms with van der Waals surface area (Å²) in [6, 6.07) is 0.364. The first-order valence-electron chi connectivity index (χ1n) is 8.77. The molecule has 1 aromatic rings. The van der Waals surface area contributed by atoms with Gasteiger partial charge in [0.25, 0.3) is 0 Å². The number of nitrogens with one attached hydrogen (secondary N) is 1. The summed E-state index contributed by atoms with van der Waals surface area (Å²) in [7, 11) is 0. The predicted octanol–water partition coefficient (Wildman–Crippen LogP) is -0.001000. The van der Waals surface area contributed by atoms with Crippen LogP contribution in [0.1, 0.15) is 37.8 Å². The molecule has 7 heteroatoms. The fourth-order valence-corrected chi connectivity index (χ4v) is 3.19. The van der Waals surface area contributed by atoms with Gasteiger partial charge in [0.1, 0.15) is 5.82 Å². The van der Waals surface area contributed by atoms with Gasteiger partial charge in [0.2, 0.25) is 0 Å². The zero-order valence-electron chi connectivity index (χ0n) is 14.2. The van der Waals surface area contributed by atoms with E-state index in [0.717, 1.165) is 63.9 Å². The van der Waals surface area contributed by atoms with Gasteiger partial charge in [0.15, 0.2) is 5.82 Å². The number of aromatic nitrogens is 3. The van der Waals surface area contributed by atoms with Gasteiger partial charge in [-0.25, -0.2) is 9.67 Å². The number of morpholine rings is 1. The van der Waals surface area contributed by atoms with E-state index in [4.69, 9.17) is 4.74 Å². The summed E-state index contributed by atoms with van der Waals surface area (Å²) in [5.74, 6) is 2.41. The number of fused-ring (bicyclic) bond motifs is 1. The van der Waals surface area contributed by atoms with Crippen LogP contribution in [0.2, 0.25) is 0 Å². The van der Waals surface area contributed by atoms with Crippen LogP contribution in [0.4, 0.5) is 0 Å². The molecule has 0 aromatic carbocycles. The smallest absolute Gasteiger partial charge is 0.153 e. The van der Waals surface area contributed by atoms with E-state index < -0.39 is 0 Å². The Morgan fingerprint density at radius 3 is 2.87 bits per heavy atom. The van der Waals surface area contributed by atoms with Crippen LogP contribution in [-0.4, -0.2) is 76.3 Å². The maximum absolute atomic E-state index is 10.2. The number of ether oxygens (including phenoxy) is 1. The molecule has 2 aliphatic heterocycles. The minimum Gasteiger partial charge on any atom is -0.390 e. The van der Waals surface area contributed by atoms with Crippen LogP contribution in [0, 0.1) is 0 Å². The van der Waals surface area contributed by atoms with Gasteiger partial charge in [-0.15, -0.1) is 0 Å². The molecule has 0 bridgehead atoms. The van der Waals surface area contributed by atoms with E-state index in [1.54, 1.807) is 0 Å². The summed E-state index contributed by atoms with van der Waals surface area (Å²) in [5, 5.41) is 18.3. The van der Waals surface area contributed by atoms with Gasteiger partial charge >= 0.3 is 0 Å². The molecule has 3 heterocycles. The second-order valence-corrected chi connectivity index (χ2v) is 6.93. The Morgan fingerprint density at radius 2 is 2.13 bits per heavy atom. The molecule has 23 heavy (non-hydrogen) atoms. The van der Waals surface area contributed by atoms with Crippen molar-refractivity contribution >= 4 is 0 Å². The first-order chi connectivity index (χ1) is 11.1. The van der Waals surface area contributed by atoms with E-state index in [0.29, 0.717) is 18.5 Å². The zero-order chi connectivity index (χ0) is 16.2. The van der Waals surface area contributed by atoms with Gasteiger partial charge in [0, 0.05) is 44.6 Å². The van der Waals surface area contributed by atoms with Crippen molar-refractivity contribution in [3.8, 4) is 0 Å². The second kappa shape index (κ2) is 7.70. The molecular weight excluding hydrogens is 294 g/mol. The molecule has 2 aliphatic rings. The molecule has 7 nitrogen and oxygen atoms in total. The van der Waals surface area contributed by atoms with Gasteiger partial charge in [-0.3, -0.25) is 4.90 Å². The van der Waals surface area contributed by atoms with E-state index >= 15 is 0 Å². The number of hydrogen-bond donors (Lipinski definition) is 2. The standard InChI is InChI=1S/C16H29N5O2/c1-12(2)16-18-15-4-3-13(10-21(15)19-16)17-9-14(22)11-20-5-7-23-8-6-20/h12-14,17,22H,3-11H2,1-2H3/t13-,14+/m0/s1. The van der Waals surface area contributed by atoms with Crippen LogP contribution >= 0.6 is 0 Å². The van der Waals surface area contributed by atoms with E-state index in [9.17, 15) is 5.11 Å². The number of rotatable bonds is 6. The Balaban J connectivity index is 1.43. The highest BCUT2D eigenvalue weighted by atomic mass is 16.5. The quantitative estimate of drug-likeness (QED) is 0.767. The highest BCUT2D eigenvalue weighted by molar-refractivity contribution is 5.01. The topological polar surface area (TPSA) is 75.4 Å². The first-order valence-corrected chi connectivity index (χ1v) is 8.77. The van der Waals surface area contributed by atoms with Gasteiger partial charge in [0.05, 0.1) is 25.9 Å². The van der Waals surface area contributed by atoms with E-state index in [2.05, 4.69) is 34.1 Å². The minimum absolute atomic E-state index is 0.337. The lowest BCUT2D eigenvalue weighted by molar-refractivity contribution is 0.0142. The number of hydrogen-bond acceptors (Lipinski definition) is 6. The van der Waals surface area contributed by atoms with Crippen molar-refractivity contribution in [2.75, 3.05) is 39.4 Å². The molecule has 0 aliphatic carbocycles. The average Bonchev–Trinajstić information content (AvgIpc) is 2.97. The van der Waals surface area contributed by atoms with Crippen molar-refractivity contribution in [1.82, 2.24) is 25.0 Å². The number of β-amino-alcohol motifs (C(OH)–C–C–N with tert-alkyl or cyclic N) is 1. The molecule has 1 fully saturated rings. The summed E-state index contributed by atoms with van der Waals surface area (Å²) >= 11 is 0. The van der Waals surface area contributed by atoms with Crippen molar-refractivity contribution in [3.05, 3.63) is 11.6 Å². The minimum atomic E-state index is -0.337. The molecule has 3 rings (SSSR count). The Kier molecular flexibility index (Phi) is 5.63. The van der Waals surface area contributed by atoms with Crippen molar-refractivity contribution in [1.29, 1.82) is 0 Å².